The van der Waals surface area contributed by atoms with Gasteiger partial charge in [-0.25, -0.2) is 4.39 Å². The number of aliphatic hydroxyl groups is 1. The zero-order valence-electron chi connectivity index (χ0n) is 18.3. The number of carbonyl (C=O) groups excluding carboxylic acids is 1. The van der Waals surface area contributed by atoms with Crippen LogP contribution in [0.1, 0.15) is 12.1 Å². The Bertz CT molecular complexity index is 1220. The summed E-state index contributed by atoms with van der Waals surface area (Å²) in [6, 6.07) is 8.36. The number of carbonyl (C=O) groups is 1. The maximum absolute atomic E-state index is 13.3. The van der Waals surface area contributed by atoms with E-state index in [2.05, 4.69) is 17.0 Å². The number of benzene rings is 2. The second kappa shape index (κ2) is 11.3. The molecule has 1 atom stereocenters. The van der Waals surface area contributed by atoms with Gasteiger partial charge >= 0.3 is 6.18 Å². The van der Waals surface area contributed by atoms with Gasteiger partial charge in [0.15, 0.2) is 0 Å². The maximum atomic E-state index is 13.3. The topological polar surface area (TPSA) is 70.4 Å². The molecular formula is C23H22Cl2F4N4O2. The Morgan fingerprint density at radius 1 is 1.23 bits per heavy atom. The Balaban J connectivity index is 0.000000320. The third-order valence-corrected chi connectivity index (χ3v) is 5.99. The number of halogens is 6. The Hall–Kier alpha value is -2.82. The molecule has 1 aromatic heterocycles. The molecule has 1 amide bonds. The van der Waals surface area contributed by atoms with E-state index in [0.29, 0.717) is 23.8 Å². The molecule has 1 aliphatic rings. The molecule has 188 valence electrons. The summed E-state index contributed by atoms with van der Waals surface area (Å²) in [6.45, 7) is 3.92. The first kappa shape index (κ1) is 26.8. The highest BCUT2D eigenvalue weighted by Gasteiger charge is 2.37. The van der Waals surface area contributed by atoms with E-state index in [1.165, 1.54) is 30.3 Å². The zero-order valence-corrected chi connectivity index (χ0v) is 19.8. The normalized spacial score (nSPS) is 15.6. The van der Waals surface area contributed by atoms with Gasteiger partial charge < -0.3 is 15.3 Å². The maximum Gasteiger partial charge on any atom is 0.433 e. The van der Waals surface area contributed by atoms with Crippen molar-refractivity contribution in [1.29, 1.82) is 0 Å². The molecule has 1 unspecified atom stereocenters. The van der Waals surface area contributed by atoms with Crippen molar-refractivity contribution in [1.82, 2.24) is 14.7 Å². The molecule has 6 nitrogen and oxygen atoms in total. The summed E-state index contributed by atoms with van der Waals surface area (Å²) in [5, 5.41) is 16.8. The first-order chi connectivity index (χ1) is 16.5. The molecule has 12 heteroatoms. The van der Waals surface area contributed by atoms with Crippen molar-refractivity contribution >= 4 is 45.7 Å². The first-order valence-electron chi connectivity index (χ1n) is 10.5. The number of hydrogen-bond acceptors (Lipinski definition) is 4. The lowest BCUT2D eigenvalue weighted by atomic mass is 10.1. The average Bonchev–Trinajstić information content (AvgIpc) is 3.40. The predicted molar refractivity (Wildman–Crippen MR) is 127 cm³/mol. The van der Waals surface area contributed by atoms with Gasteiger partial charge in [-0.3, -0.25) is 9.48 Å². The standard InChI is InChI=1S/C17H19F3N4O2.C6H3Cl2F/c1-2-15(26)23-6-5-12(10-23)21-11-3-4-13-14(9-11)22-24(7-8-25)16(13)17(18,19)20;7-5-2-1-4(9)3-6(5)8/h2-4,9,12,21,25H,1,5-8,10H2;1-3H. The lowest BCUT2D eigenvalue weighted by Gasteiger charge is -2.16. The van der Waals surface area contributed by atoms with Gasteiger partial charge in [0, 0.05) is 30.2 Å². The van der Waals surface area contributed by atoms with Crippen LogP contribution in [-0.4, -0.2) is 51.4 Å². The number of rotatable bonds is 5. The van der Waals surface area contributed by atoms with Crippen LogP contribution in [0, 0.1) is 5.82 Å². The summed E-state index contributed by atoms with van der Waals surface area (Å²) >= 11 is 10.9. The van der Waals surface area contributed by atoms with Crippen LogP contribution in [-0.2, 0) is 17.5 Å². The molecule has 0 spiro atoms. The molecule has 0 saturated carbocycles. The lowest BCUT2D eigenvalue weighted by molar-refractivity contribution is -0.143. The van der Waals surface area contributed by atoms with Crippen LogP contribution in [0.25, 0.3) is 10.9 Å². The number of nitrogens with zero attached hydrogens (tertiary/aromatic N) is 3. The fourth-order valence-corrected chi connectivity index (χ4v) is 3.98. The quantitative estimate of drug-likeness (QED) is 0.263. The second-order valence-corrected chi connectivity index (χ2v) is 8.52. The van der Waals surface area contributed by atoms with Gasteiger partial charge in [-0.05, 0) is 48.9 Å². The highest BCUT2D eigenvalue weighted by atomic mass is 35.5. The van der Waals surface area contributed by atoms with Crippen molar-refractivity contribution in [3.63, 3.8) is 0 Å². The Labute approximate surface area is 208 Å². The fourth-order valence-electron chi connectivity index (χ4n) is 3.69. The Morgan fingerprint density at radius 2 is 1.97 bits per heavy atom. The molecule has 4 rings (SSSR count). The van der Waals surface area contributed by atoms with E-state index in [4.69, 9.17) is 28.3 Å². The average molecular weight is 533 g/mol. The summed E-state index contributed by atoms with van der Waals surface area (Å²) in [5.41, 5.74) is -0.0257. The molecule has 2 N–H and O–H groups in total. The molecular weight excluding hydrogens is 511 g/mol. The number of fused-ring (bicyclic) bond motifs is 1. The van der Waals surface area contributed by atoms with Crippen molar-refractivity contribution in [2.24, 2.45) is 0 Å². The van der Waals surface area contributed by atoms with Crippen LogP contribution in [0.15, 0.2) is 49.1 Å². The molecule has 3 aromatic rings. The van der Waals surface area contributed by atoms with Crippen LogP contribution in [0.5, 0.6) is 0 Å². The summed E-state index contributed by atoms with van der Waals surface area (Å²) in [7, 11) is 0. The van der Waals surface area contributed by atoms with Gasteiger partial charge in [0.25, 0.3) is 0 Å². The number of alkyl halides is 3. The third kappa shape index (κ3) is 6.65. The fraction of sp³-hybridized carbons (Fsp3) is 0.304. The summed E-state index contributed by atoms with van der Waals surface area (Å²) in [5.74, 6) is -0.508. The molecule has 0 bridgehead atoms. The van der Waals surface area contributed by atoms with E-state index in [1.54, 1.807) is 17.0 Å². The molecule has 1 saturated heterocycles. The number of likely N-dealkylation sites (tertiary alicyclic amines) is 1. The van der Waals surface area contributed by atoms with E-state index in [9.17, 15) is 22.4 Å². The molecule has 2 aromatic carbocycles. The van der Waals surface area contributed by atoms with Gasteiger partial charge in [0.05, 0.1) is 28.7 Å². The smallest absolute Gasteiger partial charge is 0.394 e. The summed E-state index contributed by atoms with van der Waals surface area (Å²) in [6.07, 6.45) is -2.55. The van der Waals surface area contributed by atoms with Gasteiger partial charge in [0.1, 0.15) is 11.5 Å². The number of hydrogen-bond donors (Lipinski definition) is 2. The van der Waals surface area contributed by atoms with Crippen molar-refractivity contribution in [2.45, 2.75) is 25.2 Å². The number of nitrogens with one attached hydrogen (secondary N) is 1. The number of amides is 1. The van der Waals surface area contributed by atoms with Crippen LogP contribution < -0.4 is 5.32 Å². The number of aliphatic hydroxyl groups excluding tert-OH is 1. The van der Waals surface area contributed by atoms with Crippen molar-refractivity contribution in [3.8, 4) is 0 Å². The van der Waals surface area contributed by atoms with Crippen molar-refractivity contribution < 1.29 is 27.5 Å². The molecule has 0 aliphatic carbocycles. The zero-order chi connectivity index (χ0) is 25.8. The summed E-state index contributed by atoms with van der Waals surface area (Å²) in [4.78, 5) is 13.3. The monoisotopic (exact) mass is 532 g/mol. The van der Waals surface area contributed by atoms with Crippen LogP contribution in [0.4, 0.5) is 23.2 Å². The highest BCUT2D eigenvalue weighted by molar-refractivity contribution is 6.41. The summed E-state index contributed by atoms with van der Waals surface area (Å²) < 4.78 is 52.9. The lowest BCUT2D eigenvalue weighted by Crippen LogP contribution is -2.30. The van der Waals surface area contributed by atoms with Crippen molar-refractivity contribution in [3.05, 3.63) is 70.6 Å². The minimum absolute atomic E-state index is 0.00798. The van der Waals surface area contributed by atoms with Gasteiger partial charge in [0.2, 0.25) is 5.91 Å². The highest BCUT2D eigenvalue weighted by Crippen LogP contribution is 2.36. The van der Waals surface area contributed by atoms with Crippen LogP contribution in [0.3, 0.4) is 0 Å². The van der Waals surface area contributed by atoms with Crippen LogP contribution in [0.2, 0.25) is 10.0 Å². The van der Waals surface area contributed by atoms with Crippen LogP contribution >= 0.6 is 23.2 Å². The molecule has 1 aliphatic heterocycles. The largest absolute Gasteiger partial charge is 0.433 e. The Morgan fingerprint density at radius 3 is 2.57 bits per heavy atom. The Kier molecular flexibility index (Phi) is 8.63. The number of aromatic nitrogens is 2. The van der Waals surface area contributed by atoms with E-state index < -0.39 is 18.5 Å². The van der Waals surface area contributed by atoms with Gasteiger partial charge in [-0.1, -0.05) is 29.8 Å². The van der Waals surface area contributed by atoms with E-state index in [0.717, 1.165) is 11.1 Å². The third-order valence-electron chi connectivity index (χ3n) is 5.25. The minimum atomic E-state index is -4.56. The van der Waals surface area contributed by atoms with E-state index >= 15 is 0 Å². The minimum Gasteiger partial charge on any atom is -0.394 e. The molecule has 0 radical (unpaired) electrons. The van der Waals surface area contributed by atoms with E-state index in [1.807, 2.05) is 0 Å². The molecule has 1 fully saturated rings. The second-order valence-electron chi connectivity index (χ2n) is 7.70. The number of anilines is 1. The van der Waals surface area contributed by atoms with Gasteiger partial charge in [-0.2, -0.15) is 18.3 Å². The van der Waals surface area contributed by atoms with Crippen molar-refractivity contribution in [2.75, 3.05) is 25.0 Å². The predicted octanol–water partition coefficient (Wildman–Crippen LogP) is 5.38. The molecule has 35 heavy (non-hydrogen) atoms. The molecule has 2 heterocycles. The van der Waals surface area contributed by atoms with Gasteiger partial charge in [-0.15, -0.1) is 0 Å². The first-order valence-corrected chi connectivity index (χ1v) is 11.3. The SMILES string of the molecule is C=CC(=O)N1CCC(Nc2ccc3c(C(F)(F)F)n(CCO)nc3c2)C1.Fc1ccc(Cl)c(Cl)c1. The van der Waals surface area contributed by atoms with E-state index in [-0.39, 0.29) is 40.2 Å².